The molecule has 0 spiro atoms. The molecular weight excluding hydrogens is 366 g/mol. The van der Waals surface area contributed by atoms with E-state index in [0.717, 1.165) is 31.5 Å². The third-order valence-corrected chi connectivity index (χ3v) is 5.93. The lowest BCUT2D eigenvalue weighted by Gasteiger charge is -2.40. The lowest BCUT2D eigenvalue weighted by molar-refractivity contribution is -0.139. The zero-order chi connectivity index (χ0) is 20.5. The molecule has 1 N–H and O–H groups in total. The highest BCUT2D eigenvalue weighted by atomic mass is 16.5. The summed E-state index contributed by atoms with van der Waals surface area (Å²) in [5.74, 6) is 0.535. The van der Waals surface area contributed by atoms with E-state index >= 15 is 0 Å². The summed E-state index contributed by atoms with van der Waals surface area (Å²) in [5.41, 5.74) is 1.06. The summed E-state index contributed by atoms with van der Waals surface area (Å²) in [7, 11) is 0. The van der Waals surface area contributed by atoms with E-state index in [1.165, 1.54) is 12.8 Å². The van der Waals surface area contributed by atoms with Gasteiger partial charge in [-0.25, -0.2) is 0 Å². The van der Waals surface area contributed by atoms with Crippen LogP contribution >= 0.6 is 0 Å². The topological polar surface area (TPSA) is 61.9 Å². The van der Waals surface area contributed by atoms with Gasteiger partial charge in [0.1, 0.15) is 6.61 Å². The van der Waals surface area contributed by atoms with Crippen molar-refractivity contribution in [2.45, 2.75) is 38.3 Å². The predicted molar refractivity (Wildman–Crippen MR) is 113 cm³/mol. The van der Waals surface area contributed by atoms with Gasteiger partial charge < -0.3 is 15.0 Å². The standard InChI is InChI=1S/C23H33N3O3/c1-2-12-24-23(28)22(20-10-6-7-11-20)26-15-13-25(14-16-26)21(27)18-29-17-19-8-4-3-5-9-19/h2-5,8-9,20,22H,1,6-7,10-18H2,(H,24,28)/t22-/m0/s1. The van der Waals surface area contributed by atoms with Crippen LogP contribution in [0.1, 0.15) is 31.2 Å². The molecule has 1 aromatic rings. The predicted octanol–water partition coefficient (Wildman–Crippen LogP) is 2.21. The third kappa shape index (κ3) is 6.15. The summed E-state index contributed by atoms with van der Waals surface area (Å²) in [6.07, 6.45) is 6.34. The molecule has 2 amide bonds. The Balaban J connectivity index is 1.47. The molecule has 158 valence electrons. The Morgan fingerprint density at radius 3 is 2.48 bits per heavy atom. The second-order valence-corrected chi connectivity index (χ2v) is 7.92. The zero-order valence-electron chi connectivity index (χ0n) is 17.2. The minimum Gasteiger partial charge on any atom is -0.367 e. The maximum atomic E-state index is 12.8. The number of hydrogen-bond acceptors (Lipinski definition) is 4. The Bertz CT molecular complexity index is 665. The van der Waals surface area contributed by atoms with Crippen LogP contribution in [0.3, 0.4) is 0 Å². The molecule has 0 unspecified atom stereocenters. The maximum Gasteiger partial charge on any atom is 0.248 e. The normalized spacial score (nSPS) is 19.1. The summed E-state index contributed by atoms with van der Waals surface area (Å²) < 4.78 is 5.59. The van der Waals surface area contributed by atoms with Crippen LogP contribution in [0.5, 0.6) is 0 Å². The number of benzene rings is 1. The molecule has 2 fully saturated rings. The number of carbonyl (C=O) groups is 2. The quantitative estimate of drug-likeness (QED) is 0.647. The molecule has 0 bridgehead atoms. The fraction of sp³-hybridized carbons (Fsp3) is 0.565. The monoisotopic (exact) mass is 399 g/mol. The molecule has 0 radical (unpaired) electrons. The SMILES string of the molecule is C=CCNC(=O)[C@H](C1CCCC1)N1CCN(C(=O)COCc2ccccc2)CC1. The van der Waals surface area contributed by atoms with Gasteiger partial charge in [-0.3, -0.25) is 14.5 Å². The minimum absolute atomic E-state index is 0.0223. The van der Waals surface area contributed by atoms with Gasteiger partial charge in [0.25, 0.3) is 0 Å². The Morgan fingerprint density at radius 2 is 1.83 bits per heavy atom. The third-order valence-electron chi connectivity index (χ3n) is 5.93. The van der Waals surface area contributed by atoms with E-state index in [1.807, 2.05) is 35.2 Å². The van der Waals surface area contributed by atoms with Crippen LogP contribution in [0.25, 0.3) is 0 Å². The number of ether oxygens (including phenoxy) is 1. The van der Waals surface area contributed by atoms with E-state index in [9.17, 15) is 9.59 Å². The van der Waals surface area contributed by atoms with Crippen molar-refractivity contribution < 1.29 is 14.3 Å². The molecule has 1 heterocycles. The van der Waals surface area contributed by atoms with Crippen LogP contribution in [0, 0.1) is 5.92 Å². The molecule has 1 aromatic carbocycles. The van der Waals surface area contributed by atoms with Crippen molar-refractivity contribution in [1.29, 1.82) is 0 Å². The van der Waals surface area contributed by atoms with E-state index in [4.69, 9.17) is 4.74 Å². The van der Waals surface area contributed by atoms with Gasteiger partial charge in [-0.15, -0.1) is 6.58 Å². The molecule has 1 saturated heterocycles. The molecule has 2 aliphatic rings. The second-order valence-electron chi connectivity index (χ2n) is 7.92. The summed E-state index contributed by atoms with van der Waals surface area (Å²) >= 11 is 0. The van der Waals surface area contributed by atoms with Crippen LogP contribution < -0.4 is 5.32 Å². The van der Waals surface area contributed by atoms with Crippen molar-refractivity contribution >= 4 is 11.8 Å². The summed E-state index contributed by atoms with van der Waals surface area (Å²) in [6.45, 7) is 7.48. The number of rotatable bonds is 9. The Hall–Kier alpha value is -2.18. The van der Waals surface area contributed by atoms with Gasteiger partial charge >= 0.3 is 0 Å². The van der Waals surface area contributed by atoms with Crippen molar-refractivity contribution in [3.05, 3.63) is 48.6 Å². The Morgan fingerprint density at radius 1 is 1.14 bits per heavy atom. The molecule has 0 aromatic heterocycles. The van der Waals surface area contributed by atoms with Gasteiger partial charge in [-0.05, 0) is 24.3 Å². The summed E-state index contributed by atoms with van der Waals surface area (Å²) in [4.78, 5) is 29.4. The lowest BCUT2D eigenvalue weighted by Crippen LogP contribution is -2.58. The average Bonchev–Trinajstić information content (AvgIpc) is 3.28. The first-order valence-electron chi connectivity index (χ1n) is 10.7. The molecular formula is C23H33N3O3. The fourth-order valence-electron chi connectivity index (χ4n) is 4.40. The van der Waals surface area contributed by atoms with Crippen LogP contribution in [-0.2, 0) is 20.9 Å². The van der Waals surface area contributed by atoms with Crippen LogP contribution in [0.2, 0.25) is 0 Å². The molecule has 1 aliphatic heterocycles. The number of nitrogens with one attached hydrogen (secondary N) is 1. The maximum absolute atomic E-state index is 12.8. The number of piperazine rings is 1. The van der Waals surface area contributed by atoms with E-state index < -0.39 is 0 Å². The van der Waals surface area contributed by atoms with Crippen molar-refractivity contribution in [2.24, 2.45) is 5.92 Å². The highest BCUT2D eigenvalue weighted by Gasteiger charge is 2.37. The lowest BCUT2D eigenvalue weighted by atomic mass is 9.95. The Kier molecular flexibility index (Phi) is 8.25. The molecule has 3 rings (SSSR count). The molecule has 6 nitrogen and oxygen atoms in total. The van der Waals surface area contributed by atoms with Crippen molar-refractivity contribution in [3.8, 4) is 0 Å². The first kappa shape index (κ1) is 21.5. The number of carbonyl (C=O) groups excluding carboxylic acids is 2. The van der Waals surface area contributed by atoms with Crippen molar-refractivity contribution in [2.75, 3.05) is 39.3 Å². The van der Waals surface area contributed by atoms with Gasteiger partial charge in [0.2, 0.25) is 11.8 Å². The molecule has 1 saturated carbocycles. The van der Waals surface area contributed by atoms with Crippen LogP contribution in [0.15, 0.2) is 43.0 Å². The number of nitrogens with zero attached hydrogens (tertiary/aromatic N) is 2. The summed E-state index contributed by atoms with van der Waals surface area (Å²) in [5, 5.41) is 2.98. The average molecular weight is 400 g/mol. The Labute approximate surface area is 173 Å². The molecule has 1 atom stereocenters. The van der Waals surface area contributed by atoms with E-state index in [0.29, 0.717) is 32.2 Å². The van der Waals surface area contributed by atoms with Gasteiger partial charge in [0.05, 0.1) is 12.6 Å². The minimum atomic E-state index is -0.0935. The van der Waals surface area contributed by atoms with E-state index in [-0.39, 0.29) is 24.5 Å². The smallest absolute Gasteiger partial charge is 0.248 e. The number of hydrogen-bond donors (Lipinski definition) is 1. The first-order valence-corrected chi connectivity index (χ1v) is 10.7. The van der Waals surface area contributed by atoms with Crippen molar-refractivity contribution in [3.63, 3.8) is 0 Å². The summed E-state index contributed by atoms with van der Waals surface area (Å²) in [6, 6.07) is 9.78. The van der Waals surface area contributed by atoms with Crippen LogP contribution in [-0.4, -0.2) is 67.0 Å². The number of amides is 2. The van der Waals surface area contributed by atoms with Gasteiger partial charge in [0.15, 0.2) is 0 Å². The van der Waals surface area contributed by atoms with E-state index in [2.05, 4.69) is 16.8 Å². The molecule has 29 heavy (non-hydrogen) atoms. The fourth-order valence-corrected chi connectivity index (χ4v) is 4.40. The molecule has 6 heteroatoms. The highest BCUT2D eigenvalue weighted by Crippen LogP contribution is 2.31. The van der Waals surface area contributed by atoms with E-state index in [1.54, 1.807) is 6.08 Å². The largest absolute Gasteiger partial charge is 0.367 e. The van der Waals surface area contributed by atoms with Crippen LogP contribution in [0.4, 0.5) is 0 Å². The zero-order valence-corrected chi connectivity index (χ0v) is 17.2. The van der Waals surface area contributed by atoms with Gasteiger partial charge in [-0.1, -0.05) is 49.2 Å². The highest BCUT2D eigenvalue weighted by molar-refractivity contribution is 5.82. The first-order chi connectivity index (χ1) is 14.2. The van der Waals surface area contributed by atoms with Crippen molar-refractivity contribution in [1.82, 2.24) is 15.1 Å². The van der Waals surface area contributed by atoms with Gasteiger partial charge in [0, 0.05) is 32.7 Å². The molecule has 1 aliphatic carbocycles. The van der Waals surface area contributed by atoms with Gasteiger partial charge in [-0.2, -0.15) is 0 Å². The second kappa shape index (κ2) is 11.1.